The van der Waals surface area contributed by atoms with Crippen molar-refractivity contribution in [3.05, 3.63) is 101 Å². The number of carbonyl (C=O) groups is 2. The molecule has 1 atom stereocenters. The SMILES string of the molecule is COc1ccc(F)cc1/C(O)=C1\C(=O)C(=O)N(Cc2cccc(C(F)(F)F)c2)C1c1cccnc1. The van der Waals surface area contributed by atoms with E-state index < -0.39 is 41.0 Å². The predicted octanol–water partition coefficient (Wildman–Crippen LogP) is 4.87. The molecular weight excluding hydrogens is 468 g/mol. The standard InChI is InChI=1S/C25H18F4N2O4/c1-35-19-8-7-17(26)11-18(19)22(32)20-21(15-5-3-9-30-12-15)31(24(34)23(20)33)13-14-4-2-6-16(10-14)25(27,28)29/h2-12,21,32H,13H2,1H3/b22-20+. The molecule has 10 heteroatoms. The summed E-state index contributed by atoms with van der Waals surface area (Å²) in [7, 11) is 1.29. The van der Waals surface area contributed by atoms with Crippen molar-refractivity contribution in [2.24, 2.45) is 0 Å². The summed E-state index contributed by atoms with van der Waals surface area (Å²) < 4.78 is 58.7. The Balaban J connectivity index is 1.87. The van der Waals surface area contributed by atoms with Crippen LogP contribution in [0.25, 0.3) is 5.76 Å². The Morgan fingerprint density at radius 3 is 2.54 bits per heavy atom. The van der Waals surface area contributed by atoms with Gasteiger partial charge in [0, 0.05) is 18.9 Å². The molecule has 1 fully saturated rings. The number of rotatable bonds is 5. The zero-order valence-corrected chi connectivity index (χ0v) is 18.2. The fourth-order valence-corrected chi connectivity index (χ4v) is 3.98. The molecule has 180 valence electrons. The molecule has 0 radical (unpaired) electrons. The molecular formula is C25H18F4N2O4. The Labute approximate surface area is 197 Å². The first-order valence-corrected chi connectivity index (χ1v) is 10.3. The number of aromatic nitrogens is 1. The van der Waals surface area contributed by atoms with Crippen LogP contribution in [0.3, 0.4) is 0 Å². The van der Waals surface area contributed by atoms with E-state index in [1.54, 1.807) is 12.1 Å². The minimum absolute atomic E-state index is 0.0536. The van der Waals surface area contributed by atoms with Crippen molar-refractivity contribution in [1.82, 2.24) is 9.88 Å². The second-order valence-electron chi connectivity index (χ2n) is 7.76. The number of halogens is 4. The van der Waals surface area contributed by atoms with Crippen molar-refractivity contribution in [2.45, 2.75) is 18.8 Å². The Morgan fingerprint density at radius 1 is 1.11 bits per heavy atom. The van der Waals surface area contributed by atoms with Crippen molar-refractivity contribution >= 4 is 17.4 Å². The second-order valence-corrected chi connectivity index (χ2v) is 7.76. The molecule has 1 aliphatic heterocycles. The van der Waals surface area contributed by atoms with E-state index in [2.05, 4.69) is 4.98 Å². The van der Waals surface area contributed by atoms with Crippen LogP contribution < -0.4 is 4.74 Å². The Hall–Kier alpha value is -4.21. The van der Waals surface area contributed by atoms with Crippen LogP contribution >= 0.6 is 0 Å². The van der Waals surface area contributed by atoms with E-state index in [-0.39, 0.29) is 29.0 Å². The van der Waals surface area contributed by atoms with Gasteiger partial charge < -0.3 is 14.7 Å². The third-order valence-electron chi connectivity index (χ3n) is 5.56. The molecule has 1 aromatic heterocycles. The normalized spacial score (nSPS) is 17.6. The topological polar surface area (TPSA) is 79.7 Å². The Morgan fingerprint density at radius 2 is 1.89 bits per heavy atom. The lowest BCUT2D eigenvalue weighted by molar-refractivity contribution is -0.140. The van der Waals surface area contributed by atoms with Crippen LogP contribution in [0.5, 0.6) is 5.75 Å². The molecule has 1 aliphatic rings. The first-order chi connectivity index (χ1) is 16.6. The maximum atomic E-state index is 14.0. The van der Waals surface area contributed by atoms with Gasteiger partial charge in [0.2, 0.25) is 0 Å². The number of methoxy groups -OCH3 is 1. The number of pyridine rings is 1. The summed E-state index contributed by atoms with van der Waals surface area (Å²) in [5.74, 6) is -3.45. The van der Waals surface area contributed by atoms with Gasteiger partial charge in [0.1, 0.15) is 17.3 Å². The molecule has 3 aromatic rings. The van der Waals surface area contributed by atoms with Gasteiger partial charge in [0.15, 0.2) is 0 Å². The van der Waals surface area contributed by atoms with E-state index in [9.17, 15) is 32.3 Å². The number of likely N-dealkylation sites (tertiary alicyclic amines) is 1. The third-order valence-corrected chi connectivity index (χ3v) is 5.56. The highest BCUT2D eigenvalue weighted by atomic mass is 19.4. The molecule has 0 saturated carbocycles. The van der Waals surface area contributed by atoms with Crippen molar-refractivity contribution in [3.63, 3.8) is 0 Å². The number of nitrogens with zero attached hydrogens (tertiary/aromatic N) is 2. The summed E-state index contributed by atoms with van der Waals surface area (Å²) in [5, 5.41) is 11.1. The van der Waals surface area contributed by atoms with Gasteiger partial charge in [-0.25, -0.2) is 4.39 Å². The molecule has 0 bridgehead atoms. The maximum absolute atomic E-state index is 14.0. The van der Waals surface area contributed by atoms with Gasteiger partial charge in [-0.2, -0.15) is 13.2 Å². The summed E-state index contributed by atoms with van der Waals surface area (Å²) >= 11 is 0. The molecule has 0 spiro atoms. The highest BCUT2D eigenvalue weighted by molar-refractivity contribution is 6.46. The molecule has 1 unspecified atom stereocenters. The highest BCUT2D eigenvalue weighted by Crippen LogP contribution is 2.42. The van der Waals surface area contributed by atoms with Gasteiger partial charge in [0.05, 0.1) is 29.9 Å². The van der Waals surface area contributed by atoms with Gasteiger partial charge in [-0.3, -0.25) is 14.6 Å². The smallest absolute Gasteiger partial charge is 0.416 e. The molecule has 4 rings (SSSR count). The zero-order valence-electron chi connectivity index (χ0n) is 18.2. The van der Waals surface area contributed by atoms with Gasteiger partial charge in [-0.1, -0.05) is 18.2 Å². The maximum Gasteiger partial charge on any atom is 0.416 e. The van der Waals surface area contributed by atoms with E-state index in [0.717, 1.165) is 29.2 Å². The van der Waals surface area contributed by atoms with Crippen molar-refractivity contribution in [1.29, 1.82) is 0 Å². The molecule has 35 heavy (non-hydrogen) atoms. The minimum atomic E-state index is -4.60. The number of ether oxygens (including phenoxy) is 1. The Bertz CT molecular complexity index is 1320. The summed E-state index contributed by atoms with van der Waals surface area (Å²) in [6.45, 7) is -0.356. The number of Topliss-reactive ketones (excluding diaryl/α,β-unsaturated/α-hetero) is 1. The molecule has 2 aromatic carbocycles. The van der Waals surface area contributed by atoms with Crippen molar-refractivity contribution in [2.75, 3.05) is 7.11 Å². The molecule has 6 nitrogen and oxygen atoms in total. The molecule has 2 heterocycles. The van der Waals surface area contributed by atoms with Crippen molar-refractivity contribution < 1.29 is 37.0 Å². The Kier molecular flexibility index (Phi) is 6.29. The molecule has 0 aliphatic carbocycles. The zero-order chi connectivity index (χ0) is 25.3. The number of amides is 1. The van der Waals surface area contributed by atoms with Crippen LogP contribution in [0.2, 0.25) is 0 Å². The fraction of sp³-hybridized carbons (Fsp3) is 0.160. The number of carbonyl (C=O) groups excluding carboxylic acids is 2. The number of aliphatic hydroxyl groups is 1. The summed E-state index contributed by atoms with van der Waals surface area (Å²) in [4.78, 5) is 31.1. The first kappa shape index (κ1) is 23.9. The number of benzene rings is 2. The molecule has 1 amide bonds. The van der Waals surface area contributed by atoms with Crippen LogP contribution in [-0.4, -0.2) is 33.8 Å². The van der Waals surface area contributed by atoms with E-state index in [0.29, 0.717) is 5.56 Å². The quantitative estimate of drug-likeness (QED) is 0.241. The van der Waals surface area contributed by atoms with Crippen molar-refractivity contribution in [3.8, 4) is 5.75 Å². The lowest BCUT2D eigenvalue weighted by atomic mass is 9.95. The van der Waals surface area contributed by atoms with Crippen LogP contribution in [0.1, 0.15) is 28.3 Å². The first-order valence-electron chi connectivity index (χ1n) is 10.3. The van der Waals surface area contributed by atoms with Crippen LogP contribution in [-0.2, 0) is 22.3 Å². The number of hydrogen-bond donors (Lipinski definition) is 1. The molecule has 1 saturated heterocycles. The summed E-state index contributed by atoms with van der Waals surface area (Å²) in [5.41, 5.74) is -0.971. The fourth-order valence-electron chi connectivity index (χ4n) is 3.98. The second kappa shape index (κ2) is 9.21. The van der Waals surface area contributed by atoms with Gasteiger partial charge in [-0.15, -0.1) is 0 Å². The van der Waals surface area contributed by atoms with Gasteiger partial charge in [0.25, 0.3) is 11.7 Å². The summed E-state index contributed by atoms with van der Waals surface area (Å²) in [6, 6.07) is 9.59. The van der Waals surface area contributed by atoms with E-state index >= 15 is 0 Å². The number of ketones is 1. The third kappa shape index (κ3) is 4.59. The summed E-state index contributed by atoms with van der Waals surface area (Å²) in [6.07, 6.45) is -1.77. The largest absolute Gasteiger partial charge is 0.507 e. The number of aliphatic hydroxyl groups excluding tert-OH is 1. The highest BCUT2D eigenvalue weighted by Gasteiger charge is 2.46. The number of hydrogen-bond acceptors (Lipinski definition) is 5. The van der Waals surface area contributed by atoms with Gasteiger partial charge >= 0.3 is 6.18 Å². The van der Waals surface area contributed by atoms with E-state index in [1.807, 2.05) is 0 Å². The van der Waals surface area contributed by atoms with Crippen LogP contribution in [0, 0.1) is 5.82 Å². The van der Waals surface area contributed by atoms with E-state index in [4.69, 9.17) is 4.74 Å². The number of alkyl halides is 3. The van der Waals surface area contributed by atoms with Crippen LogP contribution in [0.15, 0.2) is 72.6 Å². The minimum Gasteiger partial charge on any atom is -0.507 e. The predicted molar refractivity (Wildman–Crippen MR) is 116 cm³/mol. The van der Waals surface area contributed by atoms with Crippen LogP contribution in [0.4, 0.5) is 17.6 Å². The average molecular weight is 486 g/mol. The average Bonchev–Trinajstić information content (AvgIpc) is 3.08. The lowest BCUT2D eigenvalue weighted by Crippen LogP contribution is -2.29. The lowest BCUT2D eigenvalue weighted by Gasteiger charge is -2.25. The monoisotopic (exact) mass is 486 g/mol. The molecule has 1 N–H and O–H groups in total. The van der Waals surface area contributed by atoms with E-state index in [1.165, 1.54) is 37.7 Å². The van der Waals surface area contributed by atoms with Gasteiger partial charge in [-0.05, 0) is 47.5 Å².